The van der Waals surface area contributed by atoms with Crippen molar-refractivity contribution < 1.29 is 9.90 Å². The van der Waals surface area contributed by atoms with Crippen LogP contribution in [0.25, 0.3) is 0 Å². The van der Waals surface area contributed by atoms with Gasteiger partial charge in [-0.15, -0.1) is 11.8 Å². The van der Waals surface area contributed by atoms with Gasteiger partial charge in [0.15, 0.2) is 0 Å². The van der Waals surface area contributed by atoms with Crippen molar-refractivity contribution >= 4 is 17.7 Å². The molecule has 1 aromatic rings. The predicted octanol–water partition coefficient (Wildman–Crippen LogP) is 3.65. The van der Waals surface area contributed by atoms with Crippen molar-refractivity contribution in [2.24, 2.45) is 0 Å². The molecular formula is C13H18O2S. The van der Waals surface area contributed by atoms with Crippen LogP contribution in [0, 0.1) is 13.8 Å². The normalized spacial score (nSPS) is 10.4. The summed E-state index contributed by atoms with van der Waals surface area (Å²) in [6, 6.07) is 6.45. The predicted molar refractivity (Wildman–Crippen MR) is 68.1 cm³/mol. The summed E-state index contributed by atoms with van der Waals surface area (Å²) in [6.07, 6.45) is 2.02. The molecule has 0 fully saturated rings. The van der Waals surface area contributed by atoms with Crippen LogP contribution in [-0.2, 0) is 4.79 Å². The first-order valence-electron chi connectivity index (χ1n) is 5.51. The number of aryl methyl sites for hydroxylation is 2. The average molecular weight is 238 g/mol. The van der Waals surface area contributed by atoms with Gasteiger partial charge in [0, 0.05) is 11.3 Å². The van der Waals surface area contributed by atoms with Crippen LogP contribution in [0.5, 0.6) is 0 Å². The fourth-order valence-corrected chi connectivity index (χ4v) is 2.38. The van der Waals surface area contributed by atoms with Crippen molar-refractivity contribution in [3.05, 3.63) is 29.3 Å². The molecule has 88 valence electrons. The smallest absolute Gasteiger partial charge is 0.303 e. The third-order valence-electron chi connectivity index (χ3n) is 2.53. The molecule has 0 aliphatic heterocycles. The lowest BCUT2D eigenvalue weighted by Crippen LogP contribution is -1.94. The first-order valence-corrected chi connectivity index (χ1v) is 6.50. The number of benzene rings is 1. The molecule has 0 amide bonds. The Morgan fingerprint density at radius 2 is 2.00 bits per heavy atom. The Kier molecular flexibility index (Phi) is 5.39. The van der Waals surface area contributed by atoms with E-state index in [0.29, 0.717) is 0 Å². The lowest BCUT2D eigenvalue weighted by Gasteiger charge is -2.04. The summed E-state index contributed by atoms with van der Waals surface area (Å²) < 4.78 is 0. The maximum absolute atomic E-state index is 10.3. The highest BCUT2D eigenvalue weighted by molar-refractivity contribution is 7.99. The maximum Gasteiger partial charge on any atom is 0.303 e. The molecule has 0 atom stereocenters. The Labute approximate surface area is 101 Å². The molecule has 0 unspecified atom stereocenters. The van der Waals surface area contributed by atoms with Gasteiger partial charge in [0.2, 0.25) is 0 Å². The van der Waals surface area contributed by atoms with Gasteiger partial charge in [0.05, 0.1) is 0 Å². The van der Waals surface area contributed by atoms with E-state index in [2.05, 4.69) is 32.0 Å². The van der Waals surface area contributed by atoms with Crippen LogP contribution < -0.4 is 0 Å². The summed E-state index contributed by atoms with van der Waals surface area (Å²) in [7, 11) is 0. The van der Waals surface area contributed by atoms with Crippen LogP contribution in [0.15, 0.2) is 23.1 Å². The number of rotatable bonds is 6. The highest BCUT2D eigenvalue weighted by Gasteiger charge is 1.99. The zero-order valence-electron chi connectivity index (χ0n) is 9.82. The standard InChI is InChI=1S/C13H18O2S/c1-10-6-7-12(9-11(10)2)16-8-4-3-5-13(14)15/h6-7,9H,3-5,8H2,1-2H3,(H,14,15). The minimum Gasteiger partial charge on any atom is -0.481 e. The quantitative estimate of drug-likeness (QED) is 0.607. The fraction of sp³-hybridized carbons (Fsp3) is 0.462. The molecule has 1 N–H and O–H groups in total. The molecule has 3 heteroatoms. The number of hydrogen-bond donors (Lipinski definition) is 1. The van der Waals surface area contributed by atoms with E-state index in [1.807, 2.05) is 0 Å². The summed E-state index contributed by atoms with van der Waals surface area (Å²) in [5.41, 5.74) is 2.63. The molecule has 0 radical (unpaired) electrons. The lowest BCUT2D eigenvalue weighted by atomic mass is 10.1. The SMILES string of the molecule is Cc1ccc(SCCCCC(=O)O)cc1C. The van der Waals surface area contributed by atoms with Gasteiger partial charge in [0.25, 0.3) is 0 Å². The number of hydrogen-bond acceptors (Lipinski definition) is 2. The van der Waals surface area contributed by atoms with Crippen LogP contribution in [0.1, 0.15) is 30.4 Å². The van der Waals surface area contributed by atoms with Crippen LogP contribution in [-0.4, -0.2) is 16.8 Å². The van der Waals surface area contributed by atoms with Crippen molar-refractivity contribution in [2.45, 2.75) is 38.0 Å². The fourth-order valence-electron chi connectivity index (χ4n) is 1.37. The number of carboxylic acids is 1. The number of aliphatic carboxylic acids is 1. The van der Waals surface area contributed by atoms with Crippen LogP contribution in [0.2, 0.25) is 0 Å². The number of unbranched alkanes of at least 4 members (excludes halogenated alkanes) is 1. The summed E-state index contributed by atoms with van der Waals surface area (Å²) in [5, 5.41) is 8.49. The molecule has 0 aromatic heterocycles. The van der Waals surface area contributed by atoms with Crippen molar-refractivity contribution in [3.63, 3.8) is 0 Å². The van der Waals surface area contributed by atoms with E-state index in [1.165, 1.54) is 16.0 Å². The largest absolute Gasteiger partial charge is 0.481 e. The Morgan fingerprint density at radius 3 is 2.62 bits per heavy atom. The van der Waals surface area contributed by atoms with Gasteiger partial charge in [-0.25, -0.2) is 0 Å². The van der Waals surface area contributed by atoms with Gasteiger partial charge in [-0.1, -0.05) is 6.07 Å². The van der Waals surface area contributed by atoms with Crippen molar-refractivity contribution in [2.75, 3.05) is 5.75 Å². The molecule has 1 aromatic carbocycles. The first kappa shape index (κ1) is 13.1. The highest BCUT2D eigenvalue weighted by Crippen LogP contribution is 2.22. The summed E-state index contributed by atoms with van der Waals surface area (Å²) in [5.74, 6) is 0.298. The van der Waals surface area contributed by atoms with Crippen molar-refractivity contribution in [1.82, 2.24) is 0 Å². The van der Waals surface area contributed by atoms with E-state index in [1.54, 1.807) is 11.8 Å². The summed E-state index contributed by atoms with van der Waals surface area (Å²) in [6.45, 7) is 4.22. The second kappa shape index (κ2) is 6.59. The van der Waals surface area contributed by atoms with E-state index >= 15 is 0 Å². The monoisotopic (exact) mass is 238 g/mol. The second-order valence-electron chi connectivity index (χ2n) is 3.95. The van der Waals surface area contributed by atoms with Crippen molar-refractivity contribution in [3.8, 4) is 0 Å². The van der Waals surface area contributed by atoms with Crippen LogP contribution >= 0.6 is 11.8 Å². The van der Waals surface area contributed by atoms with Gasteiger partial charge in [-0.2, -0.15) is 0 Å². The Morgan fingerprint density at radius 1 is 1.25 bits per heavy atom. The number of carbonyl (C=O) groups is 1. The summed E-state index contributed by atoms with van der Waals surface area (Å²) >= 11 is 1.80. The van der Waals surface area contributed by atoms with Crippen LogP contribution in [0.3, 0.4) is 0 Å². The van der Waals surface area contributed by atoms with Gasteiger partial charge in [-0.05, 0) is 55.7 Å². The molecule has 2 nitrogen and oxygen atoms in total. The zero-order valence-corrected chi connectivity index (χ0v) is 10.6. The van der Waals surface area contributed by atoms with E-state index in [4.69, 9.17) is 5.11 Å². The van der Waals surface area contributed by atoms with Gasteiger partial charge >= 0.3 is 5.97 Å². The average Bonchev–Trinajstić information content (AvgIpc) is 2.22. The third kappa shape index (κ3) is 4.71. The molecule has 0 spiro atoms. The first-order chi connectivity index (χ1) is 7.59. The Bertz CT molecular complexity index is 361. The van der Waals surface area contributed by atoms with E-state index in [9.17, 15) is 4.79 Å². The van der Waals surface area contributed by atoms with Gasteiger partial charge < -0.3 is 5.11 Å². The molecule has 0 saturated heterocycles. The molecule has 0 saturated carbocycles. The third-order valence-corrected chi connectivity index (χ3v) is 3.61. The van der Waals surface area contributed by atoms with Gasteiger partial charge in [-0.3, -0.25) is 4.79 Å². The topological polar surface area (TPSA) is 37.3 Å². The Hall–Kier alpha value is -0.960. The molecule has 0 bridgehead atoms. The minimum absolute atomic E-state index is 0.285. The molecular weight excluding hydrogens is 220 g/mol. The maximum atomic E-state index is 10.3. The summed E-state index contributed by atoms with van der Waals surface area (Å²) in [4.78, 5) is 11.6. The molecule has 1 rings (SSSR count). The molecule has 16 heavy (non-hydrogen) atoms. The lowest BCUT2D eigenvalue weighted by molar-refractivity contribution is -0.137. The van der Waals surface area contributed by atoms with E-state index < -0.39 is 5.97 Å². The second-order valence-corrected chi connectivity index (χ2v) is 5.11. The number of thioether (sulfide) groups is 1. The van der Waals surface area contributed by atoms with Crippen molar-refractivity contribution in [1.29, 1.82) is 0 Å². The number of carboxylic acid groups (broad SMARTS) is 1. The van der Waals surface area contributed by atoms with Crippen LogP contribution in [0.4, 0.5) is 0 Å². The molecule has 0 heterocycles. The zero-order chi connectivity index (χ0) is 12.0. The molecule has 0 aliphatic carbocycles. The van der Waals surface area contributed by atoms with E-state index in [0.717, 1.165) is 18.6 Å². The van der Waals surface area contributed by atoms with Gasteiger partial charge in [0.1, 0.15) is 0 Å². The molecule has 0 aliphatic rings. The van der Waals surface area contributed by atoms with E-state index in [-0.39, 0.29) is 6.42 Å². The minimum atomic E-state index is -0.698. The Balaban J connectivity index is 2.27. The highest BCUT2D eigenvalue weighted by atomic mass is 32.2.